The van der Waals surface area contributed by atoms with Gasteiger partial charge in [-0.1, -0.05) is 24.6 Å². The Kier molecular flexibility index (Phi) is 5.46. The maximum atomic E-state index is 12.9. The van der Waals surface area contributed by atoms with E-state index in [1.807, 2.05) is 24.3 Å². The summed E-state index contributed by atoms with van der Waals surface area (Å²) in [6.45, 7) is 4.14. The second-order valence-electron chi connectivity index (χ2n) is 7.59. The van der Waals surface area contributed by atoms with E-state index in [1.54, 1.807) is 24.0 Å². The zero-order chi connectivity index (χ0) is 21.5. The number of rotatable bonds is 3. The average Bonchev–Trinajstić information content (AvgIpc) is 2.94. The number of piperazine rings is 1. The number of nitrogens with zero attached hydrogens (tertiary/aromatic N) is 3. The first-order chi connectivity index (χ1) is 14.3. The number of halogens is 1. The van der Waals surface area contributed by atoms with Crippen molar-refractivity contribution in [2.24, 2.45) is 5.92 Å². The molecule has 0 spiro atoms. The maximum absolute atomic E-state index is 12.9. The molecule has 2 aromatic carbocycles. The third-order valence-corrected chi connectivity index (χ3v) is 7.55. The molecule has 2 aliphatic heterocycles. The van der Waals surface area contributed by atoms with Crippen LogP contribution < -0.4 is 9.21 Å². The van der Waals surface area contributed by atoms with Crippen LogP contribution in [0.2, 0.25) is 5.02 Å². The van der Waals surface area contributed by atoms with Gasteiger partial charge in [-0.2, -0.15) is 0 Å². The quantitative estimate of drug-likeness (QED) is 0.722. The molecule has 2 aromatic rings. The van der Waals surface area contributed by atoms with E-state index in [4.69, 9.17) is 11.6 Å². The predicted octanol–water partition coefficient (Wildman–Crippen LogP) is 2.61. The normalized spacial score (nSPS) is 21.2. The summed E-state index contributed by atoms with van der Waals surface area (Å²) in [6, 6.07) is 13.8. The molecule has 0 aliphatic carbocycles. The molecule has 2 saturated heterocycles. The van der Waals surface area contributed by atoms with Gasteiger partial charge in [0, 0.05) is 42.5 Å². The van der Waals surface area contributed by atoms with Crippen molar-refractivity contribution in [1.82, 2.24) is 4.90 Å². The molecule has 1 atom stereocenters. The van der Waals surface area contributed by atoms with Crippen molar-refractivity contribution < 1.29 is 18.0 Å². The van der Waals surface area contributed by atoms with Gasteiger partial charge in [-0.15, -0.1) is 0 Å². The van der Waals surface area contributed by atoms with Crippen LogP contribution in [0.3, 0.4) is 0 Å². The highest BCUT2D eigenvalue weighted by Crippen LogP contribution is 2.28. The molecule has 0 radical (unpaired) electrons. The largest absolute Gasteiger partial charge is 0.368 e. The highest BCUT2D eigenvalue weighted by Gasteiger charge is 2.41. The Morgan fingerprint density at radius 1 is 1.00 bits per heavy atom. The van der Waals surface area contributed by atoms with Crippen molar-refractivity contribution >= 4 is 44.8 Å². The first kappa shape index (κ1) is 20.7. The second kappa shape index (κ2) is 7.92. The lowest BCUT2D eigenvalue weighted by molar-refractivity contribution is -0.119. The second-order valence-corrected chi connectivity index (χ2v) is 9.89. The van der Waals surface area contributed by atoms with E-state index in [9.17, 15) is 18.0 Å². The van der Waals surface area contributed by atoms with Gasteiger partial charge in [0.2, 0.25) is 15.9 Å². The minimum Gasteiger partial charge on any atom is -0.368 e. The van der Waals surface area contributed by atoms with Gasteiger partial charge in [-0.25, -0.2) is 12.7 Å². The van der Waals surface area contributed by atoms with Crippen LogP contribution in [-0.4, -0.2) is 57.1 Å². The molecule has 30 heavy (non-hydrogen) atoms. The number of hydrogen-bond donors (Lipinski definition) is 0. The average molecular weight is 448 g/mol. The molecule has 9 heteroatoms. The van der Waals surface area contributed by atoms with E-state index in [2.05, 4.69) is 4.90 Å². The molecule has 2 heterocycles. The van der Waals surface area contributed by atoms with Gasteiger partial charge in [-0.05, 0) is 42.5 Å². The van der Waals surface area contributed by atoms with Gasteiger partial charge in [0.05, 0.1) is 17.4 Å². The first-order valence-electron chi connectivity index (χ1n) is 9.73. The Labute approximate surface area is 180 Å². The Morgan fingerprint density at radius 3 is 2.23 bits per heavy atom. The molecule has 0 saturated carbocycles. The van der Waals surface area contributed by atoms with Gasteiger partial charge in [-0.3, -0.25) is 9.59 Å². The molecule has 7 nitrogen and oxygen atoms in total. The molecule has 158 valence electrons. The Morgan fingerprint density at radius 2 is 1.67 bits per heavy atom. The fourth-order valence-electron chi connectivity index (χ4n) is 3.85. The van der Waals surface area contributed by atoms with Crippen molar-refractivity contribution in [3.8, 4) is 0 Å². The summed E-state index contributed by atoms with van der Waals surface area (Å²) in [5, 5.41) is 0.680. The first-order valence-corrected chi connectivity index (χ1v) is 11.7. The minimum atomic E-state index is -3.65. The topological polar surface area (TPSA) is 78.0 Å². The van der Waals surface area contributed by atoms with Crippen molar-refractivity contribution in [1.29, 1.82) is 0 Å². The van der Waals surface area contributed by atoms with Crippen LogP contribution in [0.15, 0.2) is 48.5 Å². The van der Waals surface area contributed by atoms with Crippen molar-refractivity contribution in [3.63, 3.8) is 0 Å². The number of benzene rings is 2. The zero-order valence-corrected chi connectivity index (χ0v) is 18.1. The van der Waals surface area contributed by atoms with Gasteiger partial charge >= 0.3 is 0 Å². The molecular formula is C21H22ClN3O4S. The van der Waals surface area contributed by atoms with Crippen molar-refractivity contribution in [2.45, 2.75) is 6.92 Å². The third-order valence-electron chi connectivity index (χ3n) is 5.45. The molecule has 4 rings (SSSR count). The number of anilines is 2. The fourth-order valence-corrected chi connectivity index (χ4v) is 5.85. The number of carbonyl (C=O) groups is 2. The highest BCUT2D eigenvalue weighted by molar-refractivity contribution is 7.94. The van der Waals surface area contributed by atoms with Crippen LogP contribution in [0.1, 0.15) is 17.3 Å². The lowest BCUT2D eigenvalue weighted by Gasteiger charge is -2.36. The van der Waals surface area contributed by atoms with E-state index in [0.29, 0.717) is 36.8 Å². The van der Waals surface area contributed by atoms with Crippen molar-refractivity contribution in [2.75, 3.05) is 41.1 Å². The third kappa shape index (κ3) is 3.89. The summed E-state index contributed by atoms with van der Waals surface area (Å²) < 4.78 is 25.3. The van der Waals surface area contributed by atoms with Crippen LogP contribution in [0, 0.1) is 5.92 Å². The van der Waals surface area contributed by atoms with Crippen molar-refractivity contribution in [3.05, 3.63) is 59.1 Å². The molecule has 2 fully saturated rings. The molecule has 2 aliphatic rings. The SMILES string of the molecule is C[C@H]1CS(=O)(=O)N(c2ccc(C(=O)N3CCN(c4cccc(Cl)c4)CC3)cc2)C1=O. The Balaban J connectivity index is 1.43. The summed E-state index contributed by atoms with van der Waals surface area (Å²) in [5.41, 5.74) is 1.77. The summed E-state index contributed by atoms with van der Waals surface area (Å²) >= 11 is 6.06. The van der Waals surface area contributed by atoms with E-state index in [-0.39, 0.29) is 17.3 Å². The van der Waals surface area contributed by atoms with Crippen LogP contribution in [0.4, 0.5) is 11.4 Å². The predicted molar refractivity (Wildman–Crippen MR) is 116 cm³/mol. The summed E-state index contributed by atoms with van der Waals surface area (Å²) in [4.78, 5) is 29.0. The smallest absolute Gasteiger partial charge is 0.253 e. The van der Waals surface area contributed by atoms with E-state index < -0.39 is 21.8 Å². The Hall–Kier alpha value is -2.58. The molecule has 0 unspecified atom stereocenters. The molecule has 2 amide bonds. The number of hydrogen-bond acceptors (Lipinski definition) is 5. The molecule has 0 bridgehead atoms. The maximum Gasteiger partial charge on any atom is 0.253 e. The van der Waals surface area contributed by atoms with Crippen LogP contribution in [-0.2, 0) is 14.8 Å². The van der Waals surface area contributed by atoms with Crippen LogP contribution in [0.25, 0.3) is 0 Å². The van der Waals surface area contributed by atoms with Gasteiger partial charge in [0.15, 0.2) is 0 Å². The van der Waals surface area contributed by atoms with Crippen LogP contribution >= 0.6 is 11.6 Å². The van der Waals surface area contributed by atoms with Crippen LogP contribution in [0.5, 0.6) is 0 Å². The summed E-state index contributed by atoms with van der Waals surface area (Å²) in [5.74, 6) is -1.31. The standard InChI is InChI=1S/C21H22ClN3O4S/c1-15-14-30(28,29)25(20(15)26)18-7-5-16(6-8-18)21(27)24-11-9-23(10-12-24)19-4-2-3-17(22)13-19/h2-8,13,15H,9-12,14H2,1H3/t15-/m0/s1. The van der Waals surface area contributed by atoms with Gasteiger partial charge < -0.3 is 9.80 Å². The number of carbonyl (C=O) groups excluding carboxylic acids is 2. The summed E-state index contributed by atoms with van der Waals surface area (Å²) in [7, 11) is -3.65. The number of amides is 2. The van der Waals surface area contributed by atoms with Gasteiger partial charge in [0.25, 0.3) is 5.91 Å². The van der Waals surface area contributed by atoms with E-state index in [0.717, 1.165) is 9.99 Å². The van der Waals surface area contributed by atoms with E-state index in [1.165, 1.54) is 12.1 Å². The fraction of sp³-hybridized carbons (Fsp3) is 0.333. The van der Waals surface area contributed by atoms with E-state index >= 15 is 0 Å². The minimum absolute atomic E-state index is 0.115. The molecular weight excluding hydrogens is 426 g/mol. The number of sulfonamides is 1. The molecule has 0 aromatic heterocycles. The lowest BCUT2D eigenvalue weighted by atomic mass is 10.1. The lowest BCUT2D eigenvalue weighted by Crippen LogP contribution is -2.48. The van der Waals surface area contributed by atoms with Gasteiger partial charge in [0.1, 0.15) is 0 Å². The monoisotopic (exact) mass is 447 g/mol. The molecule has 0 N–H and O–H groups in total. The highest BCUT2D eigenvalue weighted by atomic mass is 35.5. The summed E-state index contributed by atoms with van der Waals surface area (Å²) in [6.07, 6.45) is 0. The zero-order valence-electron chi connectivity index (χ0n) is 16.5. The Bertz CT molecular complexity index is 1080.